The topological polar surface area (TPSA) is 0 Å². The molecule has 0 atom stereocenters. The fourth-order valence-corrected chi connectivity index (χ4v) is 1.71. The summed E-state index contributed by atoms with van der Waals surface area (Å²) in [7, 11) is 0. The molecule has 0 nitrogen and oxygen atoms in total. The third kappa shape index (κ3) is 15.0. The van der Waals surface area contributed by atoms with Crippen LogP contribution in [0.25, 0.3) is 0 Å². The van der Waals surface area contributed by atoms with Crippen LogP contribution < -0.4 is 12.4 Å². The van der Waals surface area contributed by atoms with Gasteiger partial charge in [0.05, 0.1) is 0 Å². The van der Waals surface area contributed by atoms with Crippen molar-refractivity contribution < 1.29 is 32.5 Å². The van der Waals surface area contributed by atoms with Gasteiger partial charge in [0, 0.05) is 20.1 Å². The molecular formula is C16H24ClIr-. The van der Waals surface area contributed by atoms with Crippen molar-refractivity contribution in [3.05, 3.63) is 51.4 Å². The zero-order valence-electron chi connectivity index (χ0n) is 11.0. The Balaban J connectivity index is 0. The van der Waals surface area contributed by atoms with Crippen LogP contribution in [-0.4, -0.2) is 0 Å². The smallest absolute Gasteiger partial charge is 0 e. The maximum Gasteiger partial charge on any atom is 0 e. The molecule has 0 spiro atoms. The van der Waals surface area contributed by atoms with Crippen molar-refractivity contribution >= 4 is 0 Å². The predicted molar refractivity (Wildman–Crippen MR) is 71.3 cm³/mol. The fourth-order valence-electron chi connectivity index (χ4n) is 1.71. The van der Waals surface area contributed by atoms with Crippen molar-refractivity contribution in [2.75, 3.05) is 0 Å². The van der Waals surface area contributed by atoms with Gasteiger partial charge in [-0.1, -0.05) is 0 Å². The van der Waals surface area contributed by atoms with E-state index in [0.717, 1.165) is 0 Å². The third-order valence-corrected chi connectivity index (χ3v) is 2.67. The molecule has 2 aliphatic rings. The van der Waals surface area contributed by atoms with E-state index < -0.39 is 0 Å². The first kappa shape index (κ1) is 21.2. The van der Waals surface area contributed by atoms with E-state index in [2.05, 4.69) is 51.4 Å². The SMILES string of the molecule is [CH]1[CH]CC[CH][CH]CC1.[CH]1[CH]CC[CH][CH]CC1.[Cl-].[Ir]. The molecule has 18 heavy (non-hydrogen) atoms. The van der Waals surface area contributed by atoms with Crippen LogP contribution in [0.2, 0.25) is 0 Å². The first-order valence-electron chi connectivity index (χ1n) is 6.60. The molecule has 0 saturated heterocycles. The second-order valence-corrected chi connectivity index (χ2v) is 4.20. The Morgan fingerprint density at radius 3 is 0.556 bits per heavy atom. The van der Waals surface area contributed by atoms with Gasteiger partial charge in [0.25, 0.3) is 0 Å². The molecule has 2 rings (SSSR count). The first-order valence-corrected chi connectivity index (χ1v) is 6.60. The van der Waals surface area contributed by atoms with Crippen molar-refractivity contribution in [1.82, 2.24) is 0 Å². The van der Waals surface area contributed by atoms with Crippen LogP contribution in [0.15, 0.2) is 0 Å². The molecule has 2 aliphatic carbocycles. The van der Waals surface area contributed by atoms with Gasteiger partial charge in [0.15, 0.2) is 0 Å². The molecule has 2 saturated carbocycles. The molecule has 2 fully saturated rings. The van der Waals surface area contributed by atoms with Gasteiger partial charge in [-0.25, -0.2) is 0 Å². The number of halogens is 1. The molecule has 0 N–H and O–H groups in total. The fraction of sp³-hybridized carbons (Fsp3) is 0.500. The Bertz CT molecular complexity index is 75.1. The Kier molecular flexibility index (Phi) is 21.2. The minimum Gasteiger partial charge on any atom is -1.00 e. The number of rotatable bonds is 0. The third-order valence-electron chi connectivity index (χ3n) is 2.67. The van der Waals surface area contributed by atoms with E-state index >= 15 is 0 Å². The van der Waals surface area contributed by atoms with Crippen LogP contribution in [-0.2, 0) is 20.1 Å². The molecular weight excluding hydrogens is 420 g/mol. The molecule has 0 unspecified atom stereocenters. The summed E-state index contributed by atoms with van der Waals surface area (Å²) in [6.07, 6.45) is 28.0. The van der Waals surface area contributed by atoms with Crippen molar-refractivity contribution in [2.24, 2.45) is 0 Å². The van der Waals surface area contributed by atoms with Gasteiger partial charge in [0.1, 0.15) is 0 Å². The van der Waals surface area contributed by atoms with E-state index in [1.807, 2.05) is 0 Å². The standard InChI is InChI=1S/2C8H12.ClH.Ir/c2*1-2-4-6-8-7-5-3-1;;/h2*1-2,7-8H,3-6H2;1H;/p-1. The Hall–Kier alpha value is 0.939. The van der Waals surface area contributed by atoms with Crippen LogP contribution in [0.1, 0.15) is 51.4 Å². The second kappa shape index (κ2) is 17.9. The summed E-state index contributed by atoms with van der Waals surface area (Å²) in [6, 6.07) is 0. The first-order chi connectivity index (χ1) is 8.00. The summed E-state index contributed by atoms with van der Waals surface area (Å²) in [5.41, 5.74) is 0. The van der Waals surface area contributed by atoms with E-state index in [9.17, 15) is 0 Å². The van der Waals surface area contributed by atoms with E-state index in [4.69, 9.17) is 0 Å². The maximum absolute atomic E-state index is 2.27. The Morgan fingerprint density at radius 2 is 0.444 bits per heavy atom. The second-order valence-electron chi connectivity index (χ2n) is 4.20. The van der Waals surface area contributed by atoms with Gasteiger partial charge >= 0.3 is 0 Å². The average Bonchev–Trinajstić information content (AvgIpc) is 2.15. The van der Waals surface area contributed by atoms with Gasteiger partial charge < -0.3 is 12.4 Å². The predicted octanol–water partition coefficient (Wildman–Crippen LogP) is 1.76. The van der Waals surface area contributed by atoms with Crippen LogP contribution in [0.3, 0.4) is 0 Å². The van der Waals surface area contributed by atoms with E-state index in [1.54, 1.807) is 0 Å². The van der Waals surface area contributed by atoms with E-state index in [1.165, 1.54) is 51.4 Å². The van der Waals surface area contributed by atoms with E-state index in [-0.39, 0.29) is 32.5 Å². The van der Waals surface area contributed by atoms with Crippen molar-refractivity contribution in [2.45, 2.75) is 51.4 Å². The molecule has 0 aromatic carbocycles. The molecule has 0 bridgehead atoms. The van der Waals surface area contributed by atoms with Gasteiger partial charge in [-0.05, 0) is 103 Å². The molecule has 0 heterocycles. The van der Waals surface area contributed by atoms with Crippen LogP contribution in [0.4, 0.5) is 0 Å². The van der Waals surface area contributed by atoms with Crippen LogP contribution in [0, 0.1) is 51.4 Å². The normalized spacial score (nSPS) is 21.3. The molecule has 0 amide bonds. The molecule has 105 valence electrons. The van der Waals surface area contributed by atoms with Crippen LogP contribution >= 0.6 is 0 Å². The maximum atomic E-state index is 2.27. The minimum absolute atomic E-state index is 0. The molecule has 0 aromatic rings. The molecule has 0 aliphatic heterocycles. The average molecular weight is 444 g/mol. The Labute approximate surface area is 135 Å². The van der Waals surface area contributed by atoms with Gasteiger partial charge in [-0.15, -0.1) is 0 Å². The number of hydrogen-bond acceptors (Lipinski definition) is 0. The largest absolute Gasteiger partial charge is 1.00 e. The van der Waals surface area contributed by atoms with Crippen LogP contribution in [0.5, 0.6) is 0 Å². The minimum atomic E-state index is 0. The summed E-state index contributed by atoms with van der Waals surface area (Å²) in [6.45, 7) is 0. The molecule has 2 heteroatoms. The van der Waals surface area contributed by atoms with E-state index in [0.29, 0.717) is 0 Å². The summed E-state index contributed by atoms with van der Waals surface area (Å²) in [5.74, 6) is 0. The van der Waals surface area contributed by atoms with Crippen molar-refractivity contribution in [3.8, 4) is 0 Å². The zero-order valence-corrected chi connectivity index (χ0v) is 14.1. The van der Waals surface area contributed by atoms with Gasteiger partial charge in [-0.3, -0.25) is 0 Å². The monoisotopic (exact) mass is 444 g/mol. The Morgan fingerprint density at radius 1 is 0.333 bits per heavy atom. The number of hydrogen-bond donors (Lipinski definition) is 0. The molecule has 9 radical (unpaired) electrons. The van der Waals surface area contributed by atoms with Crippen molar-refractivity contribution in [3.63, 3.8) is 0 Å². The zero-order chi connectivity index (χ0) is 11.3. The quantitative estimate of drug-likeness (QED) is 0.535. The summed E-state index contributed by atoms with van der Waals surface area (Å²) in [5, 5.41) is 0. The summed E-state index contributed by atoms with van der Waals surface area (Å²) >= 11 is 0. The van der Waals surface area contributed by atoms with Crippen molar-refractivity contribution in [1.29, 1.82) is 0 Å². The van der Waals surface area contributed by atoms with Gasteiger partial charge in [-0.2, -0.15) is 0 Å². The summed E-state index contributed by atoms with van der Waals surface area (Å²) in [4.78, 5) is 0. The summed E-state index contributed by atoms with van der Waals surface area (Å²) < 4.78 is 0. The molecule has 0 aromatic heterocycles. The van der Waals surface area contributed by atoms with Gasteiger partial charge in [0.2, 0.25) is 0 Å².